The maximum Gasteiger partial charge on any atom is 0.246 e. The van der Waals surface area contributed by atoms with Crippen molar-refractivity contribution in [3.8, 4) is 11.5 Å². The Bertz CT molecular complexity index is 741. The van der Waals surface area contributed by atoms with Crippen molar-refractivity contribution >= 4 is 10.0 Å². The molecule has 23 heavy (non-hydrogen) atoms. The highest BCUT2D eigenvalue weighted by Gasteiger charge is 2.24. The first kappa shape index (κ1) is 17.3. The Morgan fingerprint density at radius 2 is 1.70 bits per heavy atom. The fraction of sp³-hybridized carbons (Fsp3) is 0.294. The molecule has 2 rings (SSSR count). The van der Waals surface area contributed by atoms with Crippen LogP contribution >= 0.6 is 0 Å². The second-order valence-corrected chi connectivity index (χ2v) is 7.15. The lowest BCUT2D eigenvalue weighted by molar-refractivity contribution is 0.286. The number of methoxy groups -OCH3 is 1. The molecule has 0 aromatic heterocycles. The molecule has 0 radical (unpaired) electrons. The largest absolute Gasteiger partial charge is 0.495 e. The third-order valence-corrected chi connectivity index (χ3v) is 5.35. The first-order valence-corrected chi connectivity index (χ1v) is 8.68. The highest BCUT2D eigenvalue weighted by molar-refractivity contribution is 7.89. The molecule has 5 nitrogen and oxygen atoms in total. The van der Waals surface area contributed by atoms with Crippen LogP contribution < -0.4 is 9.47 Å². The van der Waals surface area contributed by atoms with Crippen molar-refractivity contribution in [2.75, 3.05) is 27.3 Å². The molecule has 124 valence electrons. The maximum absolute atomic E-state index is 12.6. The molecule has 0 saturated heterocycles. The lowest BCUT2D eigenvalue weighted by Crippen LogP contribution is -2.31. The second kappa shape index (κ2) is 7.48. The summed E-state index contributed by atoms with van der Waals surface area (Å²) in [4.78, 5) is 0.153. The third-order valence-electron chi connectivity index (χ3n) is 3.45. The molecule has 2 aromatic carbocycles. The minimum atomic E-state index is -3.61. The van der Waals surface area contributed by atoms with Crippen molar-refractivity contribution in [1.82, 2.24) is 4.31 Å². The van der Waals surface area contributed by atoms with Crippen LogP contribution in [0, 0.1) is 6.92 Å². The molecule has 0 fully saturated rings. The van der Waals surface area contributed by atoms with Gasteiger partial charge in [0.25, 0.3) is 0 Å². The highest BCUT2D eigenvalue weighted by Crippen LogP contribution is 2.25. The molecule has 2 aromatic rings. The van der Waals surface area contributed by atoms with Gasteiger partial charge in [-0.1, -0.05) is 29.8 Å². The summed E-state index contributed by atoms with van der Waals surface area (Å²) in [5, 5.41) is 0. The molecule has 0 bridgehead atoms. The van der Waals surface area contributed by atoms with Gasteiger partial charge in [0.05, 0.1) is 7.11 Å². The number of rotatable bonds is 7. The monoisotopic (exact) mass is 335 g/mol. The summed E-state index contributed by atoms with van der Waals surface area (Å²) in [6.45, 7) is 2.51. The van der Waals surface area contributed by atoms with Gasteiger partial charge in [-0.15, -0.1) is 0 Å². The number of likely N-dealkylation sites (N-methyl/N-ethyl adjacent to an activating group) is 1. The van der Waals surface area contributed by atoms with E-state index in [1.54, 1.807) is 18.2 Å². The van der Waals surface area contributed by atoms with Crippen molar-refractivity contribution in [1.29, 1.82) is 0 Å². The average molecular weight is 335 g/mol. The SMILES string of the molecule is COc1ccccc1S(=O)(=O)N(C)CCOc1ccc(C)cc1. The smallest absolute Gasteiger partial charge is 0.246 e. The van der Waals surface area contributed by atoms with E-state index in [1.165, 1.54) is 24.5 Å². The number of benzene rings is 2. The molecular formula is C17H21NO4S. The quantitative estimate of drug-likeness (QED) is 0.781. The van der Waals surface area contributed by atoms with Gasteiger partial charge >= 0.3 is 0 Å². The van der Waals surface area contributed by atoms with Gasteiger partial charge in [-0.3, -0.25) is 0 Å². The van der Waals surface area contributed by atoms with Gasteiger partial charge < -0.3 is 9.47 Å². The summed E-state index contributed by atoms with van der Waals surface area (Å²) in [6, 6.07) is 14.2. The molecule has 0 saturated carbocycles. The highest BCUT2D eigenvalue weighted by atomic mass is 32.2. The Hall–Kier alpha value is -2.05. The molecule has 0 atom stereocenters. The zero-order valence-electron chi connectivity index (χ0n) is 13.5. The molecule has 0 N–H and O–H groups in total. The van der Waals surface area contributed by atoms with E-state index in [0.29, 0.717) is 5.75 Å². The van der Waals surface area contributed by atoms with Crippen LogP contribution in [0.3, 0.4) is 0 Å². The zero-order valence-corrected chi connectivity index (χ0v) is 14.3. The van der Waals surface area contributed by atoms with Crippen LogP contribution in [0.2, 0.25) is 0 Å². The van der Waals surface area contributed by atoms with Gasteiger partial charge in [-0.05, 0) is 31.2 Å². The van der Waals surface area contributed by atoms with Gasteiger partial charge in [-0.2, -0.15) is 4.31 Å². The van der Waals surface area contributed by atoms with E-state index in [-0.39, 0.29) is 18.0 Å². The Labute approximate surface area is 137 Å². The first-order chi connectivity index (χ1) is 10.9. The minimum absolute atomic E-state index is 0.153. The Morgan fingerprint density at radius 1 is 1.04 bits per heavy atom. The number of ether oxygens (including phenoxy) is 2. The predicted octanol–water partition coefficient (Wildman–Crippen LogP) is 2.70. The fourth-order valence-corrected chi connectivity index (χ4v) is 3.35. The number of aryl methyl sites for hydroxylation is 1. The van der Waals surface area contributed by atoms with Gasteiger partial charge in [0, 0.05) is 13.6 Å². The van der Waals surface area contributed by atoms with Crippen LogP contribution in [0.4, 0.5) is 0 Å². The zero-order chi connectivity index (χ0) is 16.9. The number of nitrogens with zero attached hydrogens (tertiary/aromatic N) is 1. The van der Waals surface area contributed by atoms with E-state index in [9.17, 15) is 8.42 Å². The normalized spacial score (nSPS) is 11.5. The minimum Gasteiger partial charge on any atom is -0.495 e. The van der Waals surface area contributed by atoms with Crippen molar-refractivity contribution in [2.24, 2.45) is 0 Å². The van der Waals surface area contributed by atoms with Crippen molar-refractivity contribution in [3.63, 3.8) is 0 Å². The lowest BCUT2D eigenvalue weighted by atomic mass is 10.2. The number of hydrogen-bond donors (Lipinski definition) is 0. The first-order valence-electron chi connectivity index (χ1n) is 7.24. The number of hydrogen-bond acceptors (Lipinski definition) is 4. The summed E-state index contributed by atoms with van der Waals surface area (Å²) in [7, 11) is -0.633. The van der Waals surface area contributed by atoms with E-state index in [0.717, 1.165) is 11.3 Å². The Balaban J connectivity index is 2.01. The molecule has 0 aliphatic rings. The standard InChI is InChI=1S/C17H21NO4S/c1-14-8-10-15(11-9-14)22-13-12-18(2)23(19,20)17-7-5-4-6-16(17)21-3/h4-11H,12-13H2,1-3H3. The van der Waals surface area contributed by atoms with E-state index in [4.69, 9.17) is 9.47 Å². The van der Waals surface area contributed by atoms with E-state index in [1.807, 2.05) is 31.2 Å². The molecule has 0 amide bonds. The average Bonchev–Trinajstić information content (AvgIpc) is 2.56. The van der Waals surface area contributed by atoms with Crippen LogP contribution in [0.5, 0.6) is 11.5 Å². The second-order valence-electron chi connectivity index (χ2n) is 5.14. The molecule has 0 unspecified atom stereocenters. The maximum atomic E-state index is 12.6. The van der Waals surface area contributed by atoms with Crippen molar-refractivity contribution < 1.29 is 17.9 Å². The number of para-hydroxylation sites is 1. The van der Waals surface area contributed by atoms with Crippen LogP contribution in [-0.2, 0) is 10.0 Å². The molecule has 0 heterocycles. The topological polar surface area (TPSA) is 55.8 Å². The van der Waals surface area contributed by atoms with Gasteiger partial charge in [0.2, 0.25) is 10.0 Å². The van der Waals surface area contributed by atoms with Crippen LogP contribution in [-0.4, -0.2) is 40.0 Å². The van der Waals surface area contributed by atoms with Crippen molar-refractivity contribution in [3.05, 3.63) is 54.1 Å². The van der Waals surface area contributed by atoms with Gasteiger partial charge in [0.15, 0.2) is 0 Å². The van der Waals surface area contributed by atoms with E-state index in [2.05, 4.69) is 0 Å². The molecule has 6 heteroatoms. The van der Waals surface area contributed by atoms with Crippen molar-refractivity contribution in [2.45, 2.75) is 11.8 Å². The predicted molar refractivity (Wildman–Crippen MR) is 89.5 cm³/mol. The summed E-state index contributed by atoms with van der Waals surface area (Å²) in [6.07, 6.45) is 0. The fourth-order valence-electron chi connectivity index (χ4n) is 2.05. The summed E-state index contributed by atoms with van der Waals surface area (Å²) in [5.41, 5.74) is 1.15. The van der Waals surface area contributed by atoms with Gasteiger partial charge in [0.1, 0.15) is 23.0 Å². The molecule has 0 aliphatic heterocycles. The van der Waals surface area contributed by atoms with Crippen LogP contribution in [0.15, 0.2) is 53.4 Å². The number of sulfonamides is 1. The van der Waals surface area contributed by atoms with E-state index >= 15 is 0 Å². The van der Waals surface area contributed by atoms with Crippen LogP contribution in [0.25, 0.3) is 0 Å². The molecular weight excluding hydrogens is 314 g/mol. The Kier molecular flexibility index (Phi) is 5.63. The van der Waals surface area contributed by atoms with Gasteiger partial charge in [-0.25, -0.2) is 8.42 Å². The van der Waals surface area contributed by atoms with E-state index < -0.39 is 10.0 Å². The lowest BCUT2D eigenvalue weighted by Gasteiger charge is -2.19. The van der Waals surface area contributed by atoms with Crippen LogP contribution in [0.1, 0.15) is 5.56 Å². The third kappa shape index (κ3) is 4.24. The molecule has 0 aliphatic carbocycles. The summed E-state index contributed by atoms with van der Waals surface area (Å²) < 4.78 is 37.2. The summed E-state index contributed by atoms with van der Waals surface area (Å²) in [5.74, 6) is 1.05. The summed E-state index contributed by atoms with van der Waals surface area (Å²) >= 11 is 0. The Morgan fingerprint density at radius 3 is 2.35 bits per heavy atom. The molecule has 0 spiro atoms.